The summed E-state index contributed by atoms with van der Waals surface area (Å²) in [4.78, 5) is 0. The van der Waals surface area contributed by atoms with E-state index in [-0.39, 0.29) is 0 Å². The lowest BCUT2D eigenvalue weighted by Gasteiger charge is -2.06. The first-order chi connectivity index (χ1) is 13.2. The topological polar surface area (TPSA) is 78.5 Å². The van der Waals surface area contributed by atoms with Gasteiger partial charge < -0.3 is 10.3 Å². The van der Waals surface area contributed by atoms with Crippen molar-refractivity contribution in [1.82, 2.24) is 4.57 Å². The van der Waals surface area contributed by atoms with Crippen molar-refractivity contribution in [2.45, 2.75) is 6.54 Å². The van der Waals surface area contributed by atoms with Gasteiger partial charge >= 0.3 is 0 Å². The molecule has 0 atom stereocenters. The molecule has 1 aromatic heterocycles. The van der Waals surface area contributed by atoms with Gasteiger partial charge in [-0.3, -0.25) is 0 Å². The van der Waals surface area contributed by atoms with Gasteiger partial charge in [0.05, 0.1) is 23.3 Å². The van der Waals surface area contributed by atoms with Crippen LogP contribution in [0.2, 0.25) is 0 Å². The fraction of sp³-hybridized carbons (Fsp3) is 0.0435. The summed E-state index contributed by atoms with van der Waals surface area (Å²) in [5, 5.41) is 19.3. The summed E-state index contributed by atoms with van der Waals surface area (Å²) in [6.45, 7) is 0.677. The molecule has 0 aliphatic heterocycles. The molecule has 1 heterocycles. The van der Waals surface area contributed by atoms with Crippen LogP contribution in [0.25, 0.3) is 22.0 Å². The third-order valence-electron chi connectivity index (χ3n) is 4.64. The fourth-order valence-electron chi connectivity index (χ4n) is 3.32. The molecule has 0 aliphatic carbocycles. The van der Waals surface area contributed by atoms with Gasteiger partial charge in [-0.25, -0.2) is 0 Å². The Morgan fingerprint density at radius 2 is 1.59 bits per heavy atom. The van der Waals surface area contributed by atoms with E-state index in [1.807, 2.05) is 66.7 Å². The van der Waals surface area contributed by atoms with Gasteiger partial charge in [-0.2, -0.15) is 10.5 Å². The number of nitrogen functional groups attached to an aromatic ring is 1. The predicted molar refractivity (Wildman–Crippen MR) is 107 cm³/mol. The number of hydrogen-bond donors (Lipinski definition) is 1. The van der Waals surface area contributed by atoms with Crippen LogP contribution >= 0.6 is 0 Å². The molecule has 0 amide bonds. The monoisotopic (exact) mass is 348 g/mol. The Bertz CT molecular complexity index is 1220. The predicted octanol–water partition coefficient (Wildman–Crippen LogP) is 4.68. The first-order valence-electron chi connectivity index (χ1n) is 8.56. The Hall–Kier alpha value is -4.02. The summed E-state index contributed by atoms with van der Waals surface area (Å²) in [5.74, 6) is 0. The molecule has 4 heteroatoms. The molecule has 0 radical (unpaired) electrons. The van der Waals surface area contributed by atoms with E-state index in [2.05, 4.69) is 22.9 Å². The standard InChI is InChI=1S/C23H16N4/c24-12-16-4-6-17(7-5-16)14-27-15-22(19-2-1-3-20(26)11-19)21-10-18(13-25)8-9-23(21)27/h1-11,15H,14,26H2. The van der Waals surface area contributed by atoms with Gasteiger partial charge in [-0.15, -0.1) is 0 Å². The van der Waals surface area contributed by atoms with Gasteiger partial charge in [0.25, 0.3) is 0 Å². The Morgan fingerprint density at radius 1 is 0.852 bits per heavy atom. The van der Waals surface area contributed by atoms with Crippen molar-refractivity contribution >= 4 is 16.6 Å². The van der Waals surface area contributed by atoms with E-state index >= 15 is 0 Å². The lowest BCUT2D eigenvalue weighted by Crippen LogP contribution is -1.97. The zero-order valence-electron chi connectivity index (χ0n) is 14.6. The lowest BCUT2D eigenvalue weighted by atomic mass is 10.0. The third kappa shape index (κ3) is 3.13. The van der Waals surface area contributed by atoms with Gasteiger partial charge in [0.15, 0.2) is 0 Å². The van der Waals surface area contributed by atoms with Crippen LogP contribution in [0, 0.1) is 22.7 Å². The highest BCUT2D eigenvalue weighted by Gasteiger charge is 2.12. The molecule has 128 valence electrons. The van der Waals surface area contributed by atoms with E-state index in [9.17, 15) is 5.26 Å². The molecule has 0 unspecified atom stereocenters. The van der Waals surface area contributed by atoms with Crippen LogP contribution < -0.4 is 5.73 Å². The highest BCUT2D eigenvalue weighted by Crippen LogP contribution is 2.32. The van der Waals surface area contributed by atoms with E-state index in [1.165, 1.54) is 0 Å². The second-order valence-corrected chi connectivity index (χ2v) is 6.45. The summed E-state index contributed by atoms with van der Waals surface area (Å²) < 4.78 is 2.16. The number of nitrogens with two attached hydrogens (primary N) is 1. The van der Waals surface area contributed by atoms with Crippen molar-refractivity contribution in [3.05, 3.63) is 89.6 Å². The first-order valence-corrected chi connectivity index (χ1v) is 8.56. The number of nitrogens with zero attached hydrogens (tertiary/aromatic N) is 3. The zero-order chi connectivity index (χ0) is 18.8. The number of fused-ring (bicyclic) bond motifs is 1. The quantitative estimate of drug-likeness (QED) is 0.546. The molecule has 0 bridgehead atoms. The molecule has 0 saturated heterocycles. The smallest absolute Gasteiger partial charge is 0.0991 e. The highest BCUT2D eigenvalue weighted by atomic mass is 15.0. The minimum atomic E-state index is 0.628. The lowest BCUT2D eigenvalue weighted by molar-refractivity contribution is 0.837. The number of rotatable bonds is 3. The van der Waals surface area contributed by atoms with Gasteiger partial charge in [-0.05, 0) is 53.6 Å². The number of aromatic nitrogens is 1. The maximum absolute atomic E-state index is 9.29. The Labute approximate surface area is 157 Å². The van der Waals surface area contributed by atoms with Crippen LogP contribution in [0.5, 0.6) is 0 Å². The van der Waals surface area contributed by atoms with Crippen molar-refractivity contribution < 1.29 is 0 Å². The van der Waals surface area contributed by atoms with Crippen molar-refractivity contribution in [3.8, 4) is 23.3 Å². The highest BCUT2D eigenvalue weighted by molar-refractivity contribution is 5.97. The molecule has 4 nitrogen and oxygen atoms in total. The summed E-state index contributed by atoms with van der Waals surface area (Å²) >= 11 is 0. The van der Waals surface area contributed by atoms with E-state index in [0.29, 0.717) is 23.4 Å². The molecule has 4 aromatic rings. The normalized spacial score (nSPS) is 10.4. The summed E-state index contributed by atoms with van der Waals surface area (Å²) in [6.07, 6.45) is 2.10. The number of nitriles is 2. The van der Waals surface area contributed by atoms with Gasteiger partial charge in [0.1, 0.15) is 0 Å². The average Bonchev–Trinajstić information content (AvgIpc) is 3.06. The maximum Gasteiger partial charge on any atom is 0.0991 e. The minimum absolute atomic E-state index is 0.628. The van der Waals surface area contributed by atoms with Crippen LogP contribution in [0.4, 0.5) is 5.69 Å². The molecule has 0 spiro atoms. The van der Waals surface area contributed by atoms with E-state index in [1.54, 1.807) is 0 Å². The molecule has 27 heavy (non-hydrogen) atoms. The SMILES string of the molecule is N#Cc1ccc(Cn2cc(-c3cccc(N)c3)c3cc(C#N)ccc32)cc1. The van der Waals surface area contributed by atoms with Crippen molar-refractivity contribution in [1.29, 1.82) is 10.5 Å². The van der Waals surface area contributed by atoms with Gasteiger partial charge in [0, 0.05) is 34.9 Å². The Kier molecular flexibility index (Phi) is 4.09. The average molecular weight is 348 g/mol. The molecule has 2 N–H and O–H groups in total. The van der Waals surface area contributed by atoms with E-state index in [0.717, 1.165) is 27.6 Å². The summed E-state index contributed by atoms with van der Waals surface area (Å²) in [7, 11) is 0. The second-order valence-electron chi connectivity index (χ2n) is 6.45. The third-order valence-corrected chi connectivity index (χ3v) is 4.64. The molecule has 0 fully saturated rings. The minimum Gasteiger partial charge on any atom is -0.399 e. The van der Waals surface area contributed by atoms with Crippen LogP contribution in [0.1, 0.15) is 16.7 Å². The maximum atomic E-state index is 9.29. The Balaban J connectivity index is 1.86. The number of benzene rings is 3. The summed E-state index contributed by atoms with van der Waals surface area (Å²) in [6, 6.07) is 25.4. The fourth-order valence-corrected chi connectivity index (χ4v) is 3.32. The van der Waals surface area contributed by atoms with E-state index in [4.69, 9.17) is 11.0 Å². The van der Waals surface area contributed by atoms with E-state index < -0.39 is 0 Å². The van der Waals surface area contributed by atoms with Gasteiger partial charge in [0.2, 0.25) is 0 Å². The van der Waals surface area contributed by atoms with Crippen LogP contribution in [0.15, 0.2) is 72.9 Å². The first kappa shape index (κ1) is 16.4. The molecule has 0 saturated carbocycles. The number of hydrogen-bond acceptors (Lipinski definition) is 3. The second kappa shape index (κ2) is 6.71. The molecule has 3 aromatic carbocycles. The summed E-state index contributed by atoms with van der Waals surface area (Å²) in [5.41, 5.74) is 12.2. The zero-order valence-corrected chi connectivity index (χ0v) is 14.6. The molecule has 4 rings (SSSR count). The molecular weight excluding hydrogens is 332 g/mol. The van der Waals surface area contributed by atoms with Crippen LogP contribution in [-0.4, -0.2) is 4.57 Å². The largest absolute Gasteiger partial charge is 0.399 e. The molecule has 0 aliphatic rings. The van der Waals surface area contributed by atoms with Crippen LogP contribution in [0.3, 0.4) is 0 Å². The van der Waals surface area contributed by atoms with Crippen LogP contribution in [-0.2, 0) is 6.54 Å². The molecular formula is C23H16N4. The van der Waals surface area contributed by atoms with Gasteiger partial charge in [-0.1, -0.05) is 24.3 Å². The van der Waals surface area contributed by atoms with Crippen molar-refractivity contribution in [2.75, 3.05) is 5.73 Å². The Morgan fingerprint density at radius 3 is 2.30 bits per heavy atom. The van der Waals surface area contributed by atoms with Crippen molar-refractivity contribution in [2.24, 2.45) is 0 Å². The van der Waals surface area contributed by atoms with Crippen molar-refractivity contribution in [3.63, 3.8) is 0 Å². The number of anilines is 1.